The fourth-order valence-corrected chi connectivity index (χ4v) is 2.47. The molecule has 2 heterocycles. The van der Waals surface area contributed by atoms with Crippen molar-refractivity contribution in [2.45, 2.75) is 12.5 Å². The molecule has 2 saturated heterocycles. The Morgan fingerprint density at radius 1 is 1.62 bits per heavy atom. The van der Waals surface area contributed by atoms with Crippen LogP contribution in [0.25, 0.3) is 0 Å². The normalized spacial score (nSPS) is 34.3. The summed E-state index contributed by atoms with van der Waals surface area (Å²) < 4.78 is 0. The van der Waals surface area contributed by atoms with Crippen LogP contribution in [0.15, 0.2) is 0 Å². The summed E-state index contributed by atoms with van der Waals surface area (Å²) in [6.45, 7) is 3.25. The van der Waals surface area contributed by atoms with Crippen LogP contribution in [0.5, 0.6) is 0 Å². The van der Waals surface area contributed by atoms with Gasteiger partial charge in [-0.25, -0.2) is 0 Å². The molecular formula is C9H17N3O. The molecule has 74 valence electrons. The Bertz CT molecular complexity index is 219. The van der Waals surface area contributed by atoms with E-state index in [0.717, 1.165) is 26.1 Å². The molecule has 0 aromatic heterocycles. The monoisotopic (exact) mass is 183 g/mol. The van der Waals surface area contributed by atoms with Crippen LogP contribution in [-0.4, -0.2) is 55.0 Å². The number of fused-ring (bicyclic) bond motifs is 1. The first kappa shape index (κ1) is 8.97. The van der Waals surface area contributed by atoms with Crippen LogP contribution < -0.4 is 5.73 Å². The third-order valence-corrected chi connectivity index (χ3v) is 3.26. The number of hydrogen-bond donors (Lipinski definition) is 1. The Labute approximate surface area is 78.7 Å². The van der Waals surface area contributed by atoms with Crippen molar-refractivity contribution in [3.63, 3.8) is 0 Å². The molecule has 13 heavy (non-hydrogen) atoms. The lowest BCUT2D eigenvalue weighted by Gasteiger charge is -2.19. The molecule has 2 rings (SSSR count). The van der Waals surface area contributed by atoms with Crippen LogP contribution in [-0.2, 0) is 4.79 Å². The Balaban J connectivity index is 2.05. The lowest BCUT2D eigenvalue weighted by atomic mass is 10.0. The minimum Gasteiger partial charge on any atom is -0.340 e. The second-order valence-electron chi connectivity index (χ2n) is 4.02. The molecule has 2 aliphatic heterocycles. The summed E-state index contributed by atoms with van der Waals surface area (Å²) in [5.74, 6) is 0.580. The molecule has 0 bridgehead atoms. The first-order valence-corrected chi connectivity index (χ1v) is 4.93. The summed E-state index contributed by atoms with van der Waals surface area (Å²) in [5, 5.41) is 0. The highest BCUT2D eigenvalue weighted by molar-refractivity contribution is 5.82. The number of carbonyl (C=O) groups excluding carboxylic acids is 1. The van der Waals surface area contributed by atoms with Crippen LogP contribution in [0.4, 0.5) is 0 Å². The van der Waals surface area contributed by atoms with Gasteiger partial charge < -0.3 is 15.5 Å². The van der Waals surface area contributed by atoms with Gasteiger partial charge in [-0.1, -0.05) is 0 Å². The summed E-state index contributed by atoms with van der Waals surface area (Å²) >= 11 is 0. The maximum atomic E-state index is 11.8. The molecule has 0 aromatic carbocycles. The number of carbonyl (C=O) groups is 1. The fourth-order valence-electron chi connectivity index (χ4n) is 2.47. The number of likely N-dealkylation sites (N-methyl/N-ethyl adjacent to an activating group) is 1. The van der Waals surface area contributed by atoms with Crippen LogP contribution in [0, 0.1) is 5.92 Å². The van der Waals surface area contributed by atoms with E-state index in [2.05, 4.69) is 11.9 Å². The first-order chi connectivity index (χ1) is 6.24. The molecule has 0 aliphatic carbocycles. The molecule has 4 nitrogen and oxygen atoms in total. The molecule has 2 aliphatic rings. The predicted molar refractivity (Wildman–Crippen MR) is 50.2 cm³/mol. The van der Waals surface area contributed by atoms with Crippen molar-refractivity contribution in [3.05, 3.63) is 0 Å². The van der Waals surface area contributed by atoms with Crippen molar-refractivity contribution in [1.29, 1.82) is 0 Å². The summed E-state index contributed by atoms with van der Waals surface area (Å²) in [4.78, 5) is 16.0. The first-order valence-electron chi connectivity index (χ1n) is 4.93. The van der Waals surface area contributed by atoms with E-state index in [1.165, 1.54) is 0 Å². The quantitative estimate of drug-likeness (QED) is 0.604. The van der Waals surface area contributed by atoms with Gasteiger partial charge in [0.05, 0.1) is 5.92 Å². The van der Waals surface area contributed by atoms with E-state index in [4.69, 9.17) is 5.73 Å². The van der Waals surface area contributed by atoms with Crippen molar-refractivity contribution in [1.82, 2.24) is 9.80 Å². The highest BCUT2D eigenvalue weighted by Crippen LogP contribution is 2.30. The molecule has 0 saturated carbocycles. The van der Waals surface area contributed by atoms with Crippen molar-refractivity contribution < 1.29 is 4.79 Å². The molecule has 1 amide bonds. The number of nitrogens with two attached hydrogens (primary N) is 1. The zero-order chi connectivity index (χ0) is 9.42. The third kappa shape index (κ3) is 1.34. The van der Waals surface area contributed by atoms with E-state index >= 15 is 0 Å². The van der Waals surface area contributed by atoms with Gasteiger partial charge in [-0.05, 0) is 20.0 Å². The predicted octanol–water partition coefficient (Wildman–Crippen LogP) is -0.892. The summed E-state index contributed by atoms with van der Waals surface area (Å²) in [7, 11) is 2.10. The fraction of sp³-hybridized carbons (Fsp3) is 0.889. The van der Waals surface area contributed by atoms with Crippen LogP contribution >= 0.6 is 0 Å². The zero-order valence-electron chi connectivity index (χ0n) is 8.07. The molecule has 2 atom stereocenters. The van der Waals surface area contributed by atoms with Crippen molar-refractivity contribution in [3.8, 4) is 0 Å². The molecule has 0 spiro atoms. The van der Waals surface area contributed by atoms with Gasteiger partial charge in [-0.2, -0.15) is 0 Å². The average molecular weight is 183 g/mol. The van der Waals surface area contributed by atoms with Crippen LogP contribution in [0.2, 0.25) is 0 Å². The Morgan fingerprint density at radius 2 is 2.38 bits per heavy atom. The molecule has 4 heteroatoms. The number of rotatable bonds is 2. The summed E-state index contributed by atoms with van der Waals surface area (Å²) in [6.07, 6.45) is 1.03. The Kier molecular flexibility index (Phi) is 2.26. The maximum Gasteiger partial charge on any atom is 0.227 e. The minimum absolute atomic E-state index is 0.261. The van der Waals surface area contributed by atoms with Gasteiger partial charge in [-0.15, -0.1) is 0 Å². The van der Waals surface area contributed by atoms with E-state index < -0.39 is 0 Å². The van der Waals surface area contributed by atoms with Gasteiger partial charge in [0, 0.05) is 25.7 Å². The topological polar surface area (TPSA) is 49.6 Å². The van der Waals surface area contributed by atoms with Crippen molar-refractivity contribution in [2.24, 2.45) is 11.7 Å². The molecule has 2 N–H and O–H groups in total. The van der Waals surface area contributed by atoms with Crippen molar-refractivity contribution in [2.75, 3.05) is 33.2 Å². The standard InChI is InChI=1S/C9H17N3O/c1-11-4-2-7-8(11)6-12(5-3-10)9(7)13/h7-8H,2-6,10H2,1H3. The van der Waals surface area contributed by atoms with Gasteiger partial charge in [0.1, 0.15) is 0 Å². The van der Waals surface area contributed by atoms with E-state index in [-0.39, 0.29) is 5.92 Å². The van der Waals surface area contributed by atoms with E-state index in [0.29, 0.717) is 18.5 Å². The van der Waals surface area contributed by atoms with E-state index in [1.54, 1.807) is 0 Å². The number of hydrogen-bond acceptors (Lipinski definition) is 3. The summed E-state index contributed by atoms with van der Waals surface area (Å²) in [5.41, 5.74) is 5.45. The van der Waals surface area contributed by atoms with Crippen LogP contribution in [0.1, 0.15) is 6.42 Å². The third-order valence-electron chi connectivity index (χ3n) is 3.26. The van der Waals surface area contributed by atoms with Gasteiger partial charge in [0.2, 0.25) is 5.91 Å². The summed E-state index contributed by atoms with van der Waals surface area (Å²) in [6, 6.07) is 0.457. The smallest absolute Gasteiger partial charge is 0.227 e. The van der Waals surface area contributed by atoms with Gasteiger partial charge in [-0.3, -0.25) is 4.79 Å². The Hall–Kier alpha value is -0.610. The second-order valence-corrected chi connectivity index (χ2v) is 4.02. The average Bonchev–Trinajstić information content (AvgIpc) is 2.59. The lowest BCUT2D eigenvalue weighted by Crippen LogP contribution is -2.35. The largest absolute Gasteiger partial charge is 0.340 e. The number of amides is 1. The molecular weight excluding hydrogens is 166 g/mol. The number of nitrogens with zero attached hydrogens (tertiary/aromatic N) is 2. The number of likely N-dealkylation sites (tertiary alicyclic amines) is 2. The SMILES string of the molecule is CN1CCC2C(=O)N(CCN)CC21. The van der Waals surface area contributed by atoms with Gasteiger partial charge in [0.15, 0.2) is 0 Å². The zero-order valence-corrected chi connectivity index (χ0v) is 8.07. The lowest BCUT2D eigenvalue weighted by molar-refractivity contribution is -0.130. The second kappa shape index (κ2) is 3.27. The van der Waals surface area contributed by atoms with Crippen LogP contribution in [0.3, 0.4) is 0 Å². The van der Waals surface area contributed by atoms with E-state index in [1.807, 2.05) is 4.90 Å². The van der Waals surface area contributed by atoms with E-state index in [9.17, 15) is 4.79 Å². The molecule has 0 aromatic rings. The molecule has 2 fully saturated rings. The minimum atomic E-state index is 0.261. The van der Waals surface area contributed by atoms with Crippen molar-refractivity contribution >= 4 is 5.91 Å². The highest BCUT2D eigenvalue weighted by atomic mass is 16.2. The molecule has 2 unspecified atom stereocenters. The van der Waals surface area contributed by atoms with Gasteiger partial charge >= 0.3 is 0 Å². The Morgan fingerprint density at radius 3 is 3.00 bits per heavy atom. The van der Waals surface area contributed by atoms with Gasteiger partial charge in [0.25, 0.3) is 0 Å². The maximum absolute atomic E-state index is 11.8. The molecule has 0 radical (unpaired) electrons. The highest BCUT2D eigenvalue weighted by Gasteiger charge is 2.45.